The molecule has 1 amide bonds. The van der Waals surface area contributed by atoms with E-state index in [2.05, 4.69) is 15.6 Å². The predicted octanol–water partition coefficient (Wildman–Crippen LogP) is 1.17. The first kappa shape index (κ1) is 11.6. The predicted molar refractivity (Wildman–Crippen MR) is 68.0 cm³/mol. The summed E-state index contributed by atoms with van der Waals surface area (Å²) in [6.45, 7) is 5.45. The highest BCUT2D eigenvalue weighted by molar-refractivity contribution is 6.38. The number of amidine groups is 1. The van der Waals surface area contributed by atoms with Gasteiger partial charge in [-0.25, -0.2) is 0 Å². The molecule has 4 heteroatoms. The van der Waals surface area contributed by atoms with Crippen LogP contribution in [0.15, 0.2) is 29.3 Å². The summed E-state index contributed by atoms with van der Waals surface area (Å²) in [6, 6.07) is 8.15. The lowest BCUT2D eigenvalue weighted by Crippen LogP contribution is -2.38. The van der Waals surface area contributed by atoms with Crippen LogP contribution in [0, 0.1) is 6.92 Å². The van der Waals surface area contributed by atoms with Crippen LogP contribution >= 0.6 is 0 Å². The summed E-state index contributed by atoms with van der Waals surface area (Å²) in [6.07, 6.45) is 0. The van der Waals surface area contributed by atoms with E-state index >= 15 is 0 Å². The zero-order chi connectivity index (χ0) is 12.3. The summed E-state index contributed by atoms with van der Waals surface area (Å²) in [5, 5.41) is 5.89. The lowest BCUT2D eigenvalue weighted by molar-refractivity contribution is -0.115. The maximum Gasteiger partial charge on any atom is 0.286 e. The van der Waals surface area contributed by atoms with Gasteiger partial charge in [-0.3, -0.25) is 9.79 Å². The van der Waals surface area contributed by atoms with Gasteiger partial charge in [0.05, 0.1) is 12.6 Å². The van der Waals surface area contributed by atoms with Gasteiger partial charge in [0.25, 0.3) is 5.91 Å². The van der Waals surface area contributed by atoms with Gasteiger partial charge < -0.3 is 10.6 Å². The SMILES string of the molecule is Cc1ccc([C@@H](C)NC(=O)C2=NCCN2)cc1. The van der Waals surface area contributed by atoms with Crippen LogP contribution in [0.2, 0.25) is 0 Å². The van der Waals surface area contributed by atoms with Gasteiger partial charge in [0.1, 0.15) is 0 Å². The molecule has 1 atom stereocenters. The molecule has 0 saturated heterocycles. The zero-order valence-electron chi connectivity index (χ0n) is 10.2. The van der Waals surface area contributed by atoms with Crippen molar-refractivity contribution in [2.75, 3.05) is 13.1 Å². The lowest BCUT2D eigenvalue weighted by atomic mass is 10.1. The smallest absolute Gasteiger partial charge is 0.286 e. The van der Waals surface area contributed by atoms with Crippen LogP contribution < -0.4 is 10.6 Å². The van der Waals surface area contributed by atoms with Gasteiger partial charge in [0.2, 0.25) is 0 Å². The second kappa shape index (κ2) is 4.99. The average Bonchev–Trinajstić information content (AvgIpc) is 2.83. The van der Waals surface area contributed by atoms with Crippen molar-refractivity contribution in [2.45, 2.75) is 19.9 Å². The van der Waals surface area contributed by atoms with Gasteiger partial charge in [0.15, 0.2) is 5.84 Å². The number of aliphatic imine (C=N–C) groups is 1. The van der Waals surface area contributed by atoms with Crippen molar-refractivity contribution in [3.63, 3.8) is 0 Å². The fraction of sp³-hybridized carbons (Fsp3) is 0.385. The topological polar surface area (TPSA) is 53.5 Å². The molecule has 0 bridgehead atoms. The van der Waals surface area contributed by atoms with E-state index in [4.69, 9.17) is 0 Å². The summed E-state index contributed by atoms with van der Waals surface area (Å²) in [5.41, 5.74) is 2.32. The molecule has 1 aromatic carbocycles. The Balaban J connectivity index is 1.98. The maximum atomic E-state index is 11.8. The molecule has 1 aliphatic heterocycles. The third-order valence-corrected chi connectivity index (χ3v) is 2.81. The summed E-state index contributed by atoms with van der Waals surface area (Å²) in [5.74, 6) is 0.319. The van der Waals surface area contributed by atoms with Crippen molar-refractivity contribution in [1.29, 1.82) is 0 Å². The molecule has 0 unspecified atom stereocenters. The van der Waals surface area contributed by atoms with Crippen LogP contribution in [0.4, 0.5) is 0 Å². The minimum atomic E-state index is -0.129. The second-order valence-corrected chi connectivity index (χ2v) is 4.26. The monoisotopic (exact) mass is 231 g/mol. The number of nitrogens with one attached hydrogen (secondary N) is 2. The fourth-order valence-electron chi connectivity index (χ4n) is 1.75. The molecule has 0 radical (unpaired) electrons. The number of nitrogens with zero attached hydrogens (tertiary/aromatic N) is 1. The Morgan fingerprint density at radius 2 is 2.12 bits per heavy atom. The van der Waals surface area contributed by atoms with Crippen LogP contribution in [0.1, 0.15) is 24.1 Å². The highest BCUT2D eigenvalue weighted by atomic mass is 16.2. The van der Waals surface area contributed by atoms with Crippen LogP contribution in [0.25, 0.3) is 0 Å². The Morgan fingerprint density at radius 1 is 1.41 bits per heavy atom. The molecule has 2 N–H and O–H groups in total. The Kier molecular flexibility index (Phi) is 3.42. The Hall–Kier alpha value is -1.84. The first-order valence-electron chi connectivity index (χ1n) is 5.82. The molecule has 1 aromatic rings. The summed E-state index contributed by atoms with van der Waals surface area (Å²) >= 11 is 0. The Morgan fingerprint density at radius 3 is 2.71 bits per heavy atom. The highest BCUT2D eigenvalue weighted by Gasteiger charge is 2.17. The third-order valence-electron chi connectivity index (χ3n) is 2.81. The molecule has 1 aliphatic rings. The number of carbonyl (C=O) groups is 1. The molecule has 0 spiro atoms. The zero-order valence-corrected chi connectivity index (χ0v) is 10.2. The first-order valence-corrected chi connectivity index (χ1v) is 5.82. The minimum absolute atomic E-state index is 0.00630. The number of rotatable bonds is 3. The van der Waals surface area contributed by atoms with Crippen molar-refractivity contribution in [3.05, 3.63) is 35.4 Å². The molecule has 1 heterocycles. The van der Waals surface area contributed by atoms with E-state index < -0.39 is 0 Å². The van der Waals surface area contributed by atoms with Gasteiger partial charge in [0, 0.05) is 6.54 Å². The average molecular weight is 231 g/mol. The third kappa shape index (κ3) is 2.84. The van der Waals surface area contributed by atoms with Gasteiger partial charge in [-0.05, 0) is 19.4 Å². The molecule has 0 aromatic heterocycles. The summed E-state index contributed by atoms with van der Waals surface area (Å²) in [4.78, 5) is 15.9. The number of benzene rings is 1. The Bertz CT molecular complexity index is 436. The van der Waals surface area contributed by atoms with Crippen LogP contribution in [0.3, 0.4) is 0 Å². The Labute approximate surface area is 101 Å². The van der Waals surface area contributed by atoms with Crippen molar-refractivity contribution in [2.24, 2.45) is 4.99 Å². The van der Waals surface area contributed by atoms with Gasteiger partial charge >= 0.3 is 0 Å². The van der Waals surface area contributed by atoms with Crippen LogP contribution in [-0.2, 0) is 4.79 Å². The number of hydrogen-bond donors (Lipinski definition) is 2. The van der Waals surface area contributed by atoms with E-state index in [1.165, 1.54) is 5.56 Å². The molecule has 0 aliphatic carbocycles. The van der Waals surface area contributed by atoms with Crippen LogP contribution in [0.5, 0.6) is 0 Å². The van der Waals surface area contributed by atoms with Crippen molar-refractivity contribution >= 4 is 11.7 Å². The summed E-state index contributed by atoms with van der Waals surface area (Å²) in [7, 11) is 0. The molecule has 0 fully saturated rings. The summed E-state index contributed by atoms with van der Waals surface area (Å²) < 4.78 is 0. The van der Waals surface area contributed by atoms with E-state index in [0.717, 1.165) is 12.1 Å². The first-order chi connectivity index (χ1) is 8.16. The molecule has 0 saturated carbocycles. The van der Waals surface area contributed by atoms with Crippen LogP contribution in [-0.4, -0.2) is 24.8 Å². The van der Waals surface area contributed by atoms with Crippen molar-refractivity contribution in [3.8, 4) is 0 Å². The molecule has 17 heavy (non-hydrogen) atoms. The minimum Gasteiger partial charge on any atom is -0.364 e. The lowest BCUT2D eigenvalue weighted by Gasteiger charge is -2.14. The fourth-order valence-corrected chi connectivity index (χ4v) is 1.75. The number of hydrogen-bond acceptors (Lipinski definition) is 3. The molecule has 4 nitrogen and oxygen atoms in total. The normalized spacial score (nSPS) is 16.0. The van der Waals surface area contributed by atoms with E-state index in [-0.39, 0.29) is 11.9 Å². The number of carbonyl (C=O) groups excluding carboxylic acids is 1. The van der Waals surface area contributed by atoms with E-state index in [1.807, 2.05) is 38.1 Å². The highest BCUT2D eigenvalue weighted by Crippen LogP contribution is 2.12. The largest absolute Gasteiger partial charge is 0.364 e. The number of amides is 1. The van der Waals surface area contributed by atoms with Gasteiger partial charge in [-0.2, -0.15) is 0 Å². The maximum absolute atomic E-state index is 11.8. The van der Waals surface area contributed by atoms with Gasteiger partial charge in [-0.1, -0.05) is 29.8 Å². The molecular weight excluding hydrogens is 214 g/mol. The van der Waals surface area contributed by atoms with E-state index in [0.29, 0.717) is 12.4 Å². The molecule has 2 rings (SSSR count). The van der Waals surface area contributed by atoms with Gasteiger partial charge in [-0.15, -0.1) is 0 Å². The van der Waals surface area contributed by atoms with E-state index in [9.17, 15) is 4.79 Å². The van der Waals surface area contributed by atoms with Crippen molar-refractivity contribution < 1.29 is 4.79 Å². The standard InChI is InChI=1S/C13H17N3O/c1-9-3-5-11(6-4-9)10(2)16-13(17)12-14-7-8-15-12/h3-6,10H,7-8H2,1-2H3,(H,14,15)(H,16,17)/t10-/m1/s1. The molecular formula is C13H17N3O. The van der Waals surface area contributed by atoms with Crippen molar-refractivity contribution in [1.82, 2.24) is 10.6 Å². The van der Waals surface area contributed by atoms with E-state index in [1.54, 1.807) is 0 Å². The quantitative estimate of drug-likeness (QED) is 0.820. The second-order valence-electron chi connectivity index (χ2n) is 4.26. The number of aryl methyl sites for hydroxylation is 1. The molecule has 90 valence electrons.